The average Bonchev–Trinajstić information content (AvgIpc) is 2.40. The molecule has 19 heavy (non-hydrogen) atoms. The Bertz CT molecular complexity index is 493. The first-order chi connectivity index (χ1) is 9.09. The number of carbonyl (C=O) groups is 1. The van der Waals surface area contributed by atoms with Crippen molar-refractivity contribution in [1.29, 1.82) is 0 Å². The van der Waals surface area contributed by atoms with Crippen molar-refractivity contribution in [2.24, 2.45) is 0 Å². The van der Waals surface area contributed by atoms with Crippen LogP contribution < -0.4 is 0 Å². The van der Waals surface area contributed by atoms with Gasteiger partial charge in [-0.05, 0) is 30.9 Å². The molecule has 0 aromatic heterocycles. The van der Waals surface area contributed by atoms with Gasteiger partial charge in [-0.25, -0.2) is 0 Å². The van der Waals surface area contributed by atoms with E-state index in [1.807, 2.05) is 30.3 Å². The molecule has 1 atom stereocenters. The SMILES string of the molecule is C[N+](C)(CC#Cc1ccccc1)C1CCCCC1=O. The fourth-order valence-electron chi connectivity index (χ4n) is 2.68. The fraction of sp³-hybridized carbons (Fsp3) is 0.471. The number of carbonyl (C=O) groups excluding carboxylic acids is 1. The van der Waals surface area contributed by atoms with Crippen LogP contribution in [0.5, 0.6) is 0 Å². The molecule has 0 spiro atoms. The van der Waals surface area contributed by atoms with Gasteiger partial charge in [0.15, 0.2) is 5.78 Å². The molecule has 1 aliphatic carbocycles. The van der Waals surface area contributed by atoms with Crippen molar-refractivity contribution in [2.45, 2.75) is 31.7 Å². The predicted molar refractivity (Wildman–Crippen MR) is 77.6 cm³/mol. The predicted octanol–water partition coefficient (Wildman–Crippen LogP) is 2.63. The normalized spacial score (nSPS) is 19.7. The van der Waals surface area contributed by atoms with Crippen molar-refractivity contribution in [3.63, 3.8) is 0 Å². The molecule has 0 bridgehead atoms. The van der Waals surface area contributed by atoms with Crippen molar-refractivity contribution in [1.82, 2.24) is 0 Å². The molecule has 100 valence electrons. The van der Waals surface area contributed by atoms with Crippen molar-refractivity contribution in [2.75, 3.05) is 20.6 Å². The second kappa shape index (κ2) is 6.04. The Morgan fingerprint density at radius 3 is 2.63 bits per heavy atom. The summed E-state index contributed by atoms with van der Waals surface area (Å²) in [4.78, 5) is 12.0. The van der Waals surface area contributed by atoms with Crippen LogP contribution in [0.1, 0.15) is 31.2 Å². The van der Waals surface area contributed by atoms with Crippen LogP contribution in [0.4, 0.5) is 0 Å². The number of Topliss-reactive ketones (excluding diaryl/α,β-unsaturated/α-hetero) is 1. The molecule has 0 heterocycles. The van der Waals surface area contributed by atoms with Gasteiger partial charge in [-0.2, -0.15) is 0 Å². The Hall–Kier alpha value is -1.59. The Morgan fingerprint density at radius 2 is 1.95 bits per heavy atom. The number of hydrogen-bond donors (Lipinski definition) is 0. The second-order valence-corrected chi connectivity index (χ2v) is 5.83. The summed E-state index contributed by atoms with van der Waals surface area (Å²) in [7, 11) is 4.24. The summed E-state index contributed by atoms with van der Waals surface area (Å²) in [6.45, 7) is 0.727. The monoisotopic (exact) mass is 256 g/mol. The van der Waals surface area contributed by atoms with Crippen LogP contribution in [0.3, 0.4) is 0 Å². The van der Waals surface area contributed by atoms with Gasteiger partial charge in [0.1, 0.15) is 12.6 Å². The highest BCUT2D eigenvalue weighted by atomic mass is 16.1. The molecule has 2 nitrogen and oxygen atoms in total. The topological polar surface area (TPSA) is 17.1 Å². The van der Waals surface area contributed by atoms with Gasteiger partial charge < -0.3 is 4.48 Å². The average molecular weight is 256 g/mol. The van der Waals surface area contributed by atoms with E-state index in [0.717, 1.165) is 31.4 Å². The van der Waals surface area contributed by atoms with Crippen LogP contribution in [0, 0.1) is 11.8 Å². The van der Waals surface area contributed by atoms with Crippen molar-refractivity contribution in [3.8, 4) is 11.8 Å². The minimum Gasteiger partial charge on any atom is -0.310 e. The third-order valence-electron chi connectivity index (χ3n) is 3.86. The highest BCUT2D eigenvalue weighted by Crippen LogP contribution is 2.22. The molecule has 1 aromatic rings. The third-order valence-corrected chi connectivity index (χ3v) is 3.86. The van der Waals surface area contributed by atoms with Crippen LogP contribution in [0.2, 0.25) is 0 Å². The van der Waals surface area contributed by atoms with Gasteiger partial charge in [-0.15, -0.1) is 0 Å². The zero-order chi connectivity index (χ0) is 13.7. The first kappa shape index (κ1) is 13.8. The molecule has 1 saturated carbocycles. The van der Waals surface area contributed by atoms with Crippen molar-refractivity contribution < 1.29 is 9.28 Å². The molecule has 1 aliphatic rings. The van der Waals surface area contributed by atoms with E-state index in [1.165, 1.54) is 6.42 Å². The largest absolute Gasteiger partial charge is 0.310 e. The Morgan fingerprint density at radius 1 is 1.21 bits per heavy atom. The van der Waals surface area contributed by atoms with Gasteiger partial charge in [0.25, 0.3) is 0 Å². The van der Waals surface area contributed by atoms with Gasteiger partial charge >= 0.3 is 0 Å². The Labute approximate surface area is 116 Å². The maximum atomic E-state index is 12.0. The minimum absolute atomic E-state index is 0.138. The van der Waals surface area contributed by atoms with Gasteiger partial charge in [-0.1, -0.05) is 24.1 Å². The fourth-order valence-corrected chi connectivity index (χ4v) is 2.68. The van der Waals surface area contributed by atoms with Crippen LogP contribution in [0.15, 0.2) is 30.3 Å². The quantitative estimate of drug-likeness (QED) is 0.587. The molecule has 0 radical (unpaired) electrons. The van der Waals surface area contributed by atoms with Crippen molar-refractivity contribution in [3.05, 3.63) is 35.9 Å². The molecule has 1 unspecified atom stereocenters. The van der Waals surface area contributed by atoms with Gasteiger partial charge in [0.05, 0.1) is 14.1 Å². The molecule has 1 aromatic carbocycles. The van der Waals surface area contributed by atoms with Crippen LogP contribution in [0.25, 0.3) is 0 Å². The third kappa shape index (κ3) is 3.68. The van der Waals surface area contributed by atoms with Crippen LogP contribution in [-0.4, -0.2) is 36.9 Å². The lowest BCUT2D eigenvalue weighted by molar-refractivity contribution is -0.899. The van der Waals surface area contributed by atoms with Gasteiger partial charge in [-0.3, -0.25) is 4.79 Å². The number of benzene rings is 1. The number of likely N-dealkylation sites (N-methyl/N-ethyl adjacent to an activating group) is 1. The zero-order valence-corrected chi connectivity index (χ0v) is 11.9. The van der Waals surface area contributed by atoms with Gasteiger partial charge in [0, 0.05) is 18.4 Å². The molecule has 2 heteroatoms. The highest BCUT2D eigenvalue weighted by molar-refractivity contribution is 5.83. The smallest absolute Gasteiger partial charge is 0.189 e. The lowest BCUT2D eigenvalue weighted by Crippen LogP contribution is -2.54. The molecular formula is C17H22NO+. The lowest BCUT2D eigenvalue weighted by atomic mass is 9.92. The molecule has 2 rings (SSSR count). The highest BCUT2D eigenvalue weighted by Gasteiger charge is 2.35. The maximum absolute atomic E-state index is 12.0. The van der Waals surface area contributed by atoms with E-state index in [4.69, 9.17) is 0 Å². The molecular weight excluding hydrogens is 234 g/mol. The summed E-state index contributed by atoms with van der Waals surface area (Å²) in [5, 5.41) is 0. The van der Waals surface area contributed by atoms with E-state index in [0.29, 0.717) is 10.3 Å². The number of quaternary nitrogens is 1. The molecule has 0 aliphatic heterocycles. The second-order valence-electron chi connectivity index (χ2n) is 5.83. The summed E-state index contributed by atoms with van der Waals surface area (Å²) in [6, 6.07) is 10.1. The minimum atomic E-state index is 0.138. The van der Waals surface area contributed by atoms with E-state index in [9.17, 15) is 4.79 Å². The maximum Gasteiger partial charge on any atom is 0.189 e. The van der Waals surface area contributed by atoms with E-state index in [-0.39, 0.29) is 6.04 Å². The summed E-state index contributed by atoms with van der Waals surface area (Å²) >= 11 is 0. The molecule has 0 amide bonds. The standard InChI is InChI=1S/C17H22NO/c1-18(2,16-12-6-7-13-17(16)19)14-8-11-15-9-4-3-5-10-15/h3-5,9-10,16H,6-7,12-14H2,1-2H3/q+1. The zero-order valence-electron chi connectivity index (χ0n) is 11.9. The number of hydrogen-bond acceptors (Lipinski definition) is 1. The molecule has 0 saturated heterocycles. The van der Waals surface area contributed by atoms with E-state index >= 15 is 0 Å². The number of nitrogens with zero attached hydrogens (tertiary/aromatic N) is 1. The van der Waals surface area contributed by atoms with E-state index in [2.05, 4.69) is 25.9 Å². The van der Waals surface area contributed by atoms with Crippen LogP contribution >= 0.6 is 0 Å². The lowest BCUT2D eigenvalue weighted by Gasteiger charge is -2.37. The Kier molecular flexibility index (Phi) is 4.39. The van der Waals surface area contributed by atoms with Crippen molar-refractivity contribution >= 4 is 5.78 Å². The van der Waals surface area contributed by atoms with E-state index < -0.39 is 0 Å². The number of ketones is 1. The summed E-state index contributed by atoms with van der Waals surface area (Å²) in [5.74, 6) is 6.82. The van der Waals surface area contributed by atoms with Crippen LogP contribution in [-0.2, 0) is 4.79 Å². The van der Waals surface area contributed by atoms with Gasteiger partial charge in [0.2, 0.25) is 0 Å². The molecule has 0 N–H and O–H groups in total. The molecule has 1 fully saturated rings. The summed E-state index contributed by atoms with van der Waals surface area (Å²) < 4.78 is 0.693. The Balaban J connectivity index is 2.01. The summed E-state index contributed by atoms with van der Waals surface area (Å²) in [5.41, 5.74) is 1.04. The van der Waals surface area contributed by atoms with E-state index in [1.54, 1.807) is 0 Å². The first-order valence-electron chi connectivity index (χ1n) is 6.99. The summed E-state index contributed by atoms with van der Waals surface area (Å²) in [6.07, 6.45) is 3.99. The number of rotatable bonds is 2. The first-order valence-corrected chi connectivity index (χ1v) is 6.99.